The van der Waals surface area contributed by atoms with E-state index in [2.05, 4.69) is 67.5 Å². The molecule has 1 atom stereocenters. The third-order valence-electron chi connectivity index (χ3n) is 4.15. The van der Waals surface area contributed by atoms with Crippen molar-refractivity contribution in [2.75, 3.05) is 17.7 Å². The molecule has 2 nitrogen and oxygen atoms in total. The first-order chi connectivity index (χ1) is 10.7. The van der Waals surface area contributed by atoms with Crippen LogP contribution in [0, 0.1) is 0 Å². The van der Waals surface area contributed by atoms with E-state index in [1.165, 1.54) is 16.8 Å². The molecule has 0 aliphatic rings. The molecule has 2 heteroatoms. The average Bonchev–Trinajstić information content (AvgIpc) is 2.56. The molecule has 2 N–H and O–H groups in total. The van der Waals surface area contributed by atoms with Gasteiger partial charge in [0.1, 0.15) is 0 Å². The highest BCUT2D eigenvalue weighted by Crippen LogP contribution is 2.34. The van der Waals surface area contributed by atoms with Gasteiger partial charge in [-0.2, -0.15) is 0 Å². The summed E-state index contributed by atoms with van der Waals surface area (Å²) in [5.74, 6) is 0.522. The molecule has 0 saturated heterocycles. The Morgan fingerprint density at radius 3 is 2.45 bits per heavy atom. The third-order valence-corrected chi connectivity index (χ3v) is 4.15. The lowest BCUT2D eigenvalue weighted by molar-refractivity contribution is 0.734. The summed E-state index contributed by atoms with van der Waals surface area (Å²) in [6.07, 6.45) is 3.96. The minimum Gasteiger partial charge on any atom is -0.386 e. The normalized spacial score (nSPS) is 11.8. The smallest absolute Gasteiger partial charge is 0.0620 e. The van der Waals surface area contributed by atoms with Crippen molar-refractivity contribution in [1.29, 1.82) is 0 Å². The first-order valence-electron chi connectivity index (χ1n) is 7.97. The zero-order chi connectivity index (χ0) is 15.9. The fourth-order valence-electron chi connectivity index (χ4n) is 2.67. The van der Waals surface area contributed by atoms with Gasteiger partial charge < -0.3 is 10.6 Å². The van der Waals surface area contributed by atoms with E-state index in [1.807, 2.05) is 19.2 Å². The number of allylic oxidation sites excluding steroid dienone is 1. The van der Waals surface area contributed by atoms with Crippen LogP contribution >= 0.6 is 0 Å². The fraction of sp³-hybridized carbons (Fsp3) is 0.300. The van der Waals surface area contributed by atoms with Crippen molar-refractivity contribution in [2.24, 2.45) is 0 Å². The predicted octanol–water partition coefficient (Wildman–Crippen LogP) is 5.71. The van der Waals surface area contributed by atoms with Crippen LogP contribution in [-0.2, 0) is 6.42 Å². The van der Waals surface area contributed by atoms with E-state index in [-0.39, 0.29) is 0 Å². The quantitative estimate of drug-likeness (QED) is 0.639. The Morgan fingerprint density at radius 2 is 1.82 bits per heavy atom. The molecule has 2 aromatic carbocycles. The van der Waals surface area contributed by atoms with Crippen molar-refractivity contribution in [3.63, 3.8) is 0 Å². The Morgan fingerprint density at radius 1 is 1.09 bits per heavy atom. The van der Waals surface area contributed by atoms with Gasteiger partial charge in [-0.1, -0.05) is 50.3 Å². The van der Waals surface area contributed by atoms with Gasteiger partial charge in [-0.05, 0) is 42.0 Å². The van der Waals surface area contributed by atoms with Crippen LogP contribution in [0.5, 0.6) is 0 Å². The molecule has 1 unspecified atom stereocenters. The minimum atomic E-state index is 0.522. The van der Waals surface area contributed by atoms with Crippen LogP contribution in [0.4, 0.5) is 17.1 Å². The molecule has 0 bridgehead atoms. The van der Waals surface area contributed by atoms with Crippen molar-refractivity contribution < 1.29 is 0 Å². The highest BCUT2D eigenvalue weighted by molar-refractivity contribution is 5.77. The van der Waals surface area contributed by atoms with Gasteiger partial charge in [0.15, 0.2) is 0 Å². The van der Waals surface area contributed by atoms with Gasteiger partial charge in [-0.25, -0.2) is 0 Å². The van der Waals surface area contributed by atoms with Crippen molar-refractivity contribution in [3.8, 4) is 0 Å². The summed E-state index contributed by atoms with van der Waals surface area (Å²) in [7, 11) is 1.95. The molecule has 0 aromatic heterocycles. The maximum absolute atomic E-state index is 3.89. The summed E-state index contributed by atoms with van der Waals surface area (Å²) >= 11 is 0. The zero-order valence-corrected chi connectivity index (χ0v) is 13.8. The van der Waals surface area contributed by atoms with Gasteiger partial charge in [0.05, 0.1) is 11.4 Å². The van der Waals surface area contributed by atoms with E-state index in [0.29, 0.717) is 5.92 Å². The number of nitrogens with one attached hydrogen (secondary N) is 2. The molecule has 0 saturated carbocycles. The van der Waals surface area contributed by atoms with E-state index >= 15 is 0 Å². The third kappa shape index (κ3) is 3.51. The lowest BCUT2D eigenvalue weighted by Crippen LogP contribution is -2.05. The summed E-state index contributed by atoms with van der Waals surface area (Å²) in [4.78, 5) is 0. The second-order valence-corrected chi connectivity index (χ2v) is 5.60. The molecule has 116 valence electrons. The summed E-state index contributed by atoms with van der Waals surface area (Å²) in [6, 6.07) is 14.8. The second-order valence-electron chi connectivity index (χ2n) is 5.60. The van der Waals surface area contributed by atoms with Crippen LogP contribution < -0.4 is 10.6 Å². The predicted molar refractivity (Wildman–Crippen MR) is 98.3 cm³/mol. The van der Waals surface area contributed by atoms with Crippen LogP contribution in [0.1, 0.15) is 37.3 Å². The van der Waals surface area contributed by atoms with Crippen molar-refractivity contribution in [3.05, 3.63) is 66.2 Å². The van der Waals surface area contributed by atoms with Gasteiger partial charge in [0.25, 0.3) is 0 Å². The Labute approximate surface area is 134 Å². The van der Waals surface area contributed by atoms with Crippen molar-refractivity contribution >= 4 is 17.1 Å². The molecule has 0 aliphatic carbocycles. The molecule has 0 fully saturated rings. The van der Waals surface area contributed by atoms with E-state index in [9.17, 15) is 0 Å². The highest BCUT2D eigenvalue weighted by atomic mass is 14.9. The van der Waals surface area contributed by atoms with Gasteiger partial charge >= 0.3 is 0 Å². The van der Waals surface area contributed by atoms with Gasteiger partial charge in [-0.3, -0.25) is 0 Å². The Bertz CT molecular complexity index is 631. The number of hydrogen-bond acceptors (Lipinski definition) is 2. The van der Waals surface area contributed by atoms with Crippen LogP contribution in [0.25, 0.3) is 0 Å². The summed E-state index contributed by atoms with van der Waals surface area (Å²) < 4.78 is 0. The maximum Gasteiger partial charge on any atom is 0.0620 e. The van der Waals surface area contributed by atoms with Crippen LogP contribution in [0.3, 0.4) is 0 Å². The van der Waals surface area contributed by atoms with E-state index < -0.39 is 0 Å². The first-order valence-corrected chi connectivity index (χ1v) is 7.97. The van der Waals surface area contributed by atoms with Crippen LogP contribution in [-0.4, -0.2) is 7.05 Å². The van der Waals surface area contributed by atoms with Gasteiger partial charge in [0.2, 0.25) is 0 Å². The van der Waals surface area contributed by atoms with E-state index in [1.54, 1.807) is 0 Å². The number of para-hydroxylation sites is 3. The topological polar surface area (TPSA) is 24.1 Å². The SMILES string of the molecule is C=CCc1cccc(C(C)CC)c1Nc1ccccc1NC. The molecule has 0 radical (unpaired) electrons. The highest BCUT2D eigenvalue weighted by Gasteiger charge is 2.13. The molecule has 2 rings (SSSR count). The van der Waals surface area contributed by atoms with Crippen molar-refractivity contribution in [1.82, 2.24) is 0 Å². The Kier molecular flexibility index (Phi) is 5.65. The lowest BCUT2D eigenvalue weighted by atomic mass is 9.93. The number of benzene rings is 2. The maximum atomic E-state index is 3.89. The number of hydrogen-bond donors (Lipinski definition) is 2. The first kappa shape index (κ1) is 16.2. The average molecular weight is 294 g/mol. The zero-order valence-electron chi connectivity index (χ0n) is 13.8. The molecular weight excluding hydrogens is 268 g/mol. The minimum absolute atomic E-state index is 0.522. The Hall–Kier alpha value is -2.22. The molecule has 22 heavy (non-hydrogen) atoms. The summed E-state index contributed by atoms with van der Waals surface area (Å²) in [5, 5.41) is 6.90. The lowest BCUT2D eigenvalue weighted by Gasteiger charge is -2.21. The number of anilines is 3. The van der Waals surface area contributed by atoms with Crippen LogP contribution in [0.15, 0.2) is 55.1 Å². The van der Waals surface area contributed by atoms with E-state index in [0.717, 1.165) is 24.2 Å². The largest absolute Gasteiger partial charge is 0.386 e. The molecule has 0 aliphatic heterocycles. The van der Waals surface area contributed by atoms with E-state index in [4.69, 9.17) is 0 Å². The standard InChI is InChI=1S/C20H26N2/c1-5-10-16-11-9-12-17(15(3)6-2)20(16)22-19-14-8-7-13-18(19)21-4/h5,7-9,11-15,21-22H,1,6,10H2,2-4H3. The summed E-state index contributed by atoms with van der Waals surface area (Å²) in [6.45, 7) is 8.40. The van der Waals surface area contributed by atoms with Crippen molar-refractivity contribution in [2.45, 2.75) is 32.6 Å². The molecule has 0 spiro atoms. The number of rotatable bonds is 7. The molecular formula is C20H26N2. The molecule has 0 heterocycles. The van der Waals surface area contributed by atoms with Crippen LogP contribution in [0.2, 0.25) is 0 Å². The van der Waals surface area contributed by atoms with Gasteiger partial charge in [-0.15, -0.1) is 6.58 Å². The summed E-state index contributed by atoms with van der Waals surface area (Å²) in [5.41, 5.74) is 6.09. The Balaban J connectivity index is 2.49. The van der Waals surface area contributed by atoms with Gasteiger partial charge in [0, 0.05) is 12.7 Å². The fourth-order valence-corrected chi connectivity index (χ4v) is 2.67. The molecule has 2 aromatic rings. The molecule has 0 amide bonds. The monoisotopic (exact) mass is 294 g/mol. The second kappa shape index (κ2) is 7.69.